The van der Waals surface area contributed by atoms with Gasteiger partial charge in [-0.1, -0.05) is 20.8 Å². The number of rotatable bonds is 1. The molecule has 130 valence electrons. The normalized spacial score (nSPS) is 35.1. The van der Waals surface area contributed by atoms with E-state index in [0.29, 0.717) is 30.0 Å². The molecule has 0 spiro atoms. The van der Waals surface area contributed by atoms with Gasteiger partial charge < -0.3 is 5.11 Å². The van der Waals surface area contributed by atoms with Crippen LogP contribution in [-0.4, -0.2) is 33.6 Å². The number of hydrogen-bond acceptors (Lipinski definition) is 3. The van der Waals surface area contributed by atoms with Crippen molar-refractivity contribution < 1.29 is 23.1 Å². The molecule has 0 unspecified atom stereocenters. The van der Waals surface area contributed by atoms with Crippen LogP contribution in [0.15, 0.2) is 5.10 Å². The van der Waals surface area contributed by atoms with Gasteiger partial charge in [0, 0.05) is 11.6 Å². The lowest BCUT2D eigenvalue weighted by molar-refractivity contribution is -0.318. The molecule has 1 aliphatic heterocycles. The fourth-order valence-corrected chi connectivity index (χ4v) is 3.73. The Morgan fingerprint density at radius 2 is 1.87 bits per heavy atom. The first kappa shape index (κ1) is 16.7. The zero-order valence-corrected chi connectivity index (χ0v) is 13.7. The van der Waals surface area contributed by atoms with E-state index in [2.05, 4.69) is 5.10 Å². The third-order valence-electron chi connectivity index (χ3n) is 5.49. The Morgan fingerprint density at radius 1 is 1.26 bits per heavy atom. The molecule has 1 amide bonds. The van der Waals surface area contributed by atoms with Gasteiger partial charge in [0.2, 0.25) is 5.91 Å². The molecule has 1 heterocycles. The highest BCUT2D eigenvalue weighted by atomic mass is 19.4. The zero-order chi connectivity index (χ0) is 17.2. The molecule has 2 aliphatic carbocycles. The second-order valence-electron chi connectivity index (χ2n) is 8.13. The second-order valence-corrected chi connectivity index (χ2v) is 8.13. The number of aliphatic hydroxyl groups is 1. The molecular weight excluding hydrogens is 309 g/mol. The van der Waals surface area contributed by atoms with E-state index in [4.69, 9.17) is 0 Å². The van der Waals surface area contributed by atoms with Crippen LogP contribution < -0.4 is 0 Å². The van der Waals surface area contributed by atoms with Gasteiger partial charge in [0.15, 0.2) is 0 Å². The molecule has 3 rings (SSSR count). The van der Waals surface area contributed by atoms with Crippen LogP contribution in [0.5, 0.6) is 0 Å². The number of carbonyl (C=O) groups is 1. The van der Waals surface area contributed by atoms with Crippen molar-refractivity contribution in [3.8, 4) is 0 Å². The van der Waals surface area contributed by atoms with Crippen LogP contribution in [0.3, 0.4) is 0 Å². The van der Waals surface area contributed by atoms with Gasteiger partial charge >= 0.3 is 6.18 Å². The third kappa shape index (κ3) is 2.57. The van der Waals surface area contributed by atoms with Gasteiger partial charge in [-0.2, -0.15) is 23.3 Å². The summed E-state index contributed by atoms with van der Waals surface area (Å²) in [4.78, 5) is 12.3. The van der Waals surface area contributed by atoms with Crippen LogP contribution in [-0.2, 0) is 4.79 Å². The quantitative estimate of drug-likeness (QED) is 0.801. The fraction of sp³-hybridized carbons (Fsp3) is 0.875. The number of carbonyl (C=O) groups excluding carboxylic acids is 1. The van der Waals surface area contributed by atoms with Crippen molar-refractivity contribution >= 4 is 11.6 Å². The predicted molar refractivity (Wildman–Crippen MR) is 78.3 cm³/mol. The minimum atomic E-state index is -4.92. The minimum Gasteiger partial charge on any atom is -0.362 e. The Hall–Kier alpha value is -1.11. The predicted octanol–water partition coefficient (Wildman–Crippen LogP) is 3.31. The summed E-state index contributed by atoms with van der Waals surface area (Å²) in [7, 11) is 0. The van der Waals surface area contributed by atoms with Crippen molar-refractivity contribution in [3.63, 3.8) is 0 Å². The highest BCUT2D eigenvalue weighted by molar-refractivity contribution is 5.94. The number of halogens is 3. The van der Waals surface area contributed by atoms with E-state index in [1.54, 1.807) is 0 Å². The first-order valence-electron chi connectivity index (χ1n) is 8.16. The number of nitrogens with zero attached hydrogens (tertiary/aromatic N) is 2. The number of alkyl halides is 3. The van der Waals surface area contributed by atoms with Crippen LogP contribution in [0.2, 0.25) is 0 Å². The Labute approximate surface area is 133 Å². The van der Waals surface area contributed by atoms with E-state index < -0.39 is 29.6 Å². The van der Waals surface area contributed by atoms with E-state index in [1.165, 1.54) is 0 Å². The van der Waals surface area contributed by atoms with Crippen LogP contribution in [0.4, 0.5) is 13.2 Å². The van der Waals surface area contributed by atoms with Gasteiger partial charge in [-0.3, -0.25) is 4.79 Å². The Bertz CT molecular complexity index is 549. The Morgan fingerprint density at radius 3 is 2.35 bits per heavy atom. The molecule has 7 heteroatoms. The molecule has 4 nitrogen and oxygen atoms in total. The maximum Gasteiger partial charge on any atom is 0.439 e. The summed E-state index contributed by atoms with van der Waals surface area (Å²) in [5.41, 5.74) is -3.02. The smallest absolute Gasteiger partial charge is 0.362 e. The molecule has 0 bridgehead atoms. The summed E-state index contributed by atoms with van der Waals surface area (Å²) in [5.74, 6) is -2.22. The second kappa shape index (κ2) is 4.94. The highest BCUT2D eigenvalue weighted by Crippen LogP contribution is 2.52. The SMILES string of the molecule is CC(C)(C)[C@@H]1CCC2=NN(C(=O)C3CC3)[C@@](O)(C(F)(F)F)[C@H]2C1. The lowest BCUT2D eigenvalue weighted by Gasteiger charge is -2.42. The average Bonchev–Trinajstić information content (AvgIpc) is 3.21. The summed E-state index contributed by atoms with van der Waals surface area (Å²) in [5, 5.41) is 14.9. The van der Waals surface area contributed by atoms with Crippen molar-refractivity contribution in [2.24, 2.45) is 28.3 Å². The Balaban J connectivity index is 1.96. The molecule has 0 aromatic carbocycles. The number of fused-ring (bicyclic) bond motifs is 1. The van der Waals surface area contributed by atoms with E-state index >= 15 is 0 Å². The molecular formula is C16H23F3N2O2. The topological polar surface area (TPSA) is 52.9 Å². The maximum absolute atomic E-state index is 13.7. The molecule has 2 fully saturated rings. The summed E-state index contributed by atoms with van der Waals surface area (Å²) in [6.07, 6.45) is -2.44. The summed E-state index contributed by atoms with van der Waals surface area (Å²) in [6, 6.07) is 0. The first-order valence-corrected chi connectivity index (χ1v) is 8.16. The van der Waals surface area contributed by atoms with Gasteiger partial charge in [0.25, 0.3) is 5.72 Å². The van der Waals surface area contributed by atoms with Gasteiger partial charge in [0.05, 0.1) is 5.92 Å². The van der Waals surface area contributed by atoms with Gasteiger partial charge in [-0.05, 0) is 43.4 Å². The molecule has 3 aliphatic rings. The summed E-state index contributed by atoms with van der Waals surface area (Å²) < 4.78 is 41.1. The van der Waals surface area contributed by atoms with Gasteiger partial charge in [-0.15, -0.1) is 0 Å². The monoisotopic (exact) mass is 332 g/mol. The lowest BCUT2D eigenvalue weighted by atomic mass is 9.66. The van der Waals surface area contributed by atoms with Crippen molar-refractivity contribution in [1.29, 1.82) is 0 Å². The molecule has 23 heavy (non-hydrogen) atoms. The number of amides is 1. The van der Waals surface area contributed by atoms with Gasteiger partial charge in [-0.25, -0.2) is 0 Å². The van der Waals surface area contributed by atoms with E-state index in [1.807, 2.05) is 20.8 Å². The highest BCUT2D eigenvalue weighted by Gasteiger charge is 2.69. The molecule has 0 aromatic heterocycles. The van der Waals surface area contributed by atoms with E-state index in [-0.39, 0.29) is 17.8 Å². The molecule has 0 aromatic rings. The molecule has 0 saturated heterocycles. The molecule has 3 atom stereocenters. The number of hydrogen-bond donors (Lipinski definition) is 1. The lowest BCUT2D eigenvalue weighted by Crippen LogP contribution is -2.62. The van der Waals surface area contributed by atoms with Crippen LogP contribution in [0.25, 0.3) is 0 Å². The van der Waals surface area contributed by atoms with Crippen molar-refractivity contribution in [2.75, 3.05) is 0 Å². The van der Waals surface area contributed by atoms with Crippen molar-refractivity contribution in [3.05, 3.63) is 0 Å². The fourth-order valence-electron chi connectivity index (χ4n) is 3.73. The van der Waals surface area contributed by atoms with Gasteiger partial charge in [0.1, 0.15) is 0 Å². The molecule has 1 N–H and O–H groups in total. The third-order valence-corrected chi connectivity index (χ3v) is 5.49. The first-order chi connectivity index (χ1) is 10.5. The summed E-state index contributed by atoms with van der Waals surface area (Å²) >= 11 is 0. The largest absolute Gasteiger partial charge is 0.439 e. The number of hydrazone groups is 1. The van der Waals surface area contributed by atoms with Crippen molar-refractivity contribution in [1.82, 2.24) is 5.01 Å². The molecule has 2 saturated carbocycles. The van der Waals surface area contributed by atoms with E-state index in [9.17, 15) is 23.1 Å². The van der Waals surface area contributed by atoms with Crippen molar-refractivity contribution in [2.45, 2.75) is 64.8 Å². The van der Waals surface area contributed by atoms with Crippen LogP contribution in [0.1, 0.15) is 52.9 Å². The van der Waals surface area contributed by atoms with E-state index in [0.717, 1.165) is 6.42 Å². The minimum absolute atomic E-state index is 0.0521. The average molecular weight is 332 g/mol. The standard InChI is InChI=1S/C16H23F3N2O2/c1-14(2,3)10-6-7-12-11(8-10)15(23,16(17,18)19)21(20-12)13(22)9-4-5-9/h9-11,23H,4-8H2,1-3H3/t10-,11+,15+/m1/s1. The maximum atomic E-state index is 13.7. The zero-order valence-electron chi connectivity index (χ0n) is 13.7. The van der Waals surface area contributed by atoms with Crippen LogP contribution >= 0.6 is 0 Å². The Kier molecular flexibility index (Phi) is 3.60. The molecule has 0 radical (unpaired) electrons. The van der Waals surface area contributed by atoms with Crippen LogP contribution in [0, 0.1) is 23.2 Å². The summed E-state index contributed by atoms with van der Waals surface area (Å²) in [6.45, 7) is 5.98.